The first-order chi connectivity index (χ1) is 16.1. The van der Waals surface area contributed by atoms with Gasteiger partial charge in [-0.1, -0.05) is 82.6 Å². The van der Waals surface area contributed by atoms with E-state index in [1.807, 2.05) is 11.3 Å². The predicted molar refractivity (Wildman–Crippen MR) is 146 cm³/mol. The molecule has 0 N–H and O–H groups in total. The minimum absolute atomic E-state index is 0.0741. The number of thiophene rings is 1. The predicted octanol–water partition coefficient (Wildman–Crippen LogP) is 8.71. The van der Waals surface area contributed by atoms with Gasteiger partial charge in [0.1, 0.15) is 6.33 Å². The molecule has 1 aliphatic rings. The van der Waals surface area contributed by atoms with Gasteiger partial charge < -0.3 is 0 Å². The second-order valence-corrected chi connectivity index (χ2v) is 12.5. The Hall–Kier alpha value is -3.04. The number of fused-ring (bicyclic) bond motifs is 6. The van der Waals surface area contributed by atoms with Crippen LogP contribution in [-0.2, 0) is 11.8 Å². The minimum atomic E-state index is -0.0741. The first-order valence-electron chi connectivity index (χ1n) is 12.0. The molecule has 3 heteroatoms. The van der Waals surface area contributed by atoms with E-state index in [1.165, 1.54) is 48.2 Å². The first kappa shape index (κ1) is 21.5. The Kier molecular flexibility index (Phi) is 4.57. The van der Waals surface area contributed by atoms with E-state index in [2.05, 4.69) is 96.1 Å². The largest absolute Gasteiger partial charge is 0.235 e. The Morgan fingerprint density at radius 3 is 2.47 bits per heavy atom. The van der Waals surface area contributed by atoms with Gasteiger partial charge in [0.05, 0.1) is 15.9 Å². The zero-order valence-corrected chi connectivity index (χ0v) is 21.6. The lowest BCUT2D eigenvalue weighted by molar-refractivity contribution is 0.411. The van der Waals surface area contributed by atoms with Crippen LogP contribution in [-0.4, -0.2) is 9.97 Å². The number of hydrogen-bond donors (Lipinski definition) is 0. The van der Waals surface area contributed by atoms with Crippen LogP contribution in [0.2, 0.25) is 0 Å². The summed E-state index contributed by atoms with van der Waals surface area (Å²) in [5.41, 5.74) is 10.3. The van der Waals surface area contributed by atoms with Crippen LogP contribution in [0.4, 0.5) is 0 Å². The standard InChI is InChI=1S/C31H30N2S/c1-18-7-9-20-10-11-21(15-22(20)13-18)26-29-27(33-17-32-26)25-28(34-29)23-14-19(16-30(2,3)4)8-12-24(23)31(25,5)6/h7-15,17H,16H2,1-6H3. The molecule has 2 heterocycles. The Morgan fingerprint density at radius 1 is 0.882 bits per heavy atom. The van der Waals surface area contributed by atoms with Crippen LogP contribution in [0.5, 0.6) is 0 Å². The quantitative estimate of drug-likeness (QED) is 0.262. The average Bonchev–Trinajstić information content (AvgIpc) is 3.26. The van der Waals surface area contributed by atoms with Crippen LogP contribution in [0, 0.1) is 12.3 Å². The number of rotatable bonds is 2. The van der Waals surface area contributed by atoms with Crippen LogP contribution >= 0.6 is 11.3 Å². The molecule has 0 amide bonds. The molecule has 0 bridgehead atoms. The summed E-state index contributed by atoms with van der Waals surface area (Å²) in [4.78, 5) is 11.0. The molecule has 1 aliphatic carbocycles. The summed E-state index contributed by atoms with van der Waals surface area (Å²) in [6.07, 6.45) is 2.82. The summed E-state index contributed by atoms with van der Waals surface area (Å²) in [7, 11) is 0. The topological polar surface area (TPSA) is 25.8 Å². The van der Waals surface area contributed by atoms with Crippen molar-refractivity contribution < 1.29 is 0 Å². The Morgan fingerprint density at radius 2 is 1.68 bits per heavy atom. The lowest BCUT2D eigenvalue weighted by Crippen LogP contribution is -2.15. The van der Waals surface area contributed by atoms with Crippen LogP contribution in [0.15, 0.2) is 60.9 Å². The van der Waals surface area contributed by atoms with E-state index in [4.69, 9.17) is 9.97 Å². The number of benzene rings is 3. The van der Waals surface area contributed by atoms with Crippen molar-refractivity contribution in [3.8, 4) is 21.7 Å². The van der Waals surface area contributed by atoms with Crippen LogP contribution in [0.1, 0.15) is 56.9 Å². The van der Waals surface area contributed by atoms with Gasteiger partial charge in [-0.3, -0.25) is 0 Å². The van der Waals surface area contributed by atoms with Crippen molar-refractivity contribution in [3.63, 3.8) is 0 Å². The molecule has 0 aliphatic heterocycles. The fraction of sp³-hybridized carbons (Fsp3) is 0.290. The summed E-state index contributed by atoms with van der Waals surface area (Å²) in [6, 6.07) is 20.4. The molecule has 0 atom stereocenters. The smallest absolute Gasteiger partial charge is 0.116 e. The monoisotopic (exact) mass is 462 g/mol. The molecule has 170 valence electrons. The lowest BCUT2D eigenvalue weighted by Gasteiger charge is -2.22. The van der Waals surface area contributed by atoms with Gasteiger partial charge in [0, 0.05) is 21.4 Å². The molecule has 3 aromatic carbocycles. The molecule has 5 aromatic rings. The third kappa shape index (κ3) is 3.29. The van der Waals surface area contributed by atoms with Gasteiger partial charge in [-0.2, -0.15) is 0 Å². The molecule has 0 spiro atoms. The van der Waals surface area contributed by atoms with E-state index < -0.39 is 0 Å². The second-order valence-electron chi connectivity index (χ2n) is 11.5. The van der Waals surface area contributed by atoms with Gasteiger partial charge in [0.25, 0.3) is 0 Å². The maximum Gasteiger partial charge on any atom is 0.116 e. The van der Waals surface area contributed by atoms with Gasteiger partial charge in [-0.15, -0.1) is 11.3 Å². The summed E-state index contributed by atoms with van der Waals surface area (Å²) < 4.78 is 1.19. The maximum atomic E-state index is 4.84. The third-order valence-electron chi connectivity index (χ3n) is 7.10. The van der Waals surface area contributed by atoms with Gasteiger partial charge in [0.15, 0.2) is 0 Å². The summed E-state index contributed by atoms with van der Waals surface area (Å²) in [5, 5.41) is 2.51. The molecule has 0 unspecified atom stereocenters. The zero-order chi connectivity index (χ0) is 23.8. The summed E-state index contributed by atoms with van der Waals surface area (Å²) in [5.74, 6) is 0. The van der Waals surface area contributed by atoms with Crippen molar-refractivity contribution >= 4 is 32.3 Å². The van der Waals surface area contributed by atoms with E-state index in [-0.39, 0.29) is 10.8 Å². The van der Waals surface area contributed by atoms with E-state index >= 15 is 0 Å². The van der Waals surface area contributed by atoms with E-state index in [1.54, 1.807) is 6.33 Å². The van der Waals surface area contributed by atoms with Crippen molar-refractivity contribution in [2.45, 2.75) is 53.4 Å². The fourth-order valence-corrected chi connectivity index (χ4v) is 7.03. The fourth-order valence-electron chi connectivity index (χ4n) is 5.58. The molecule has 0 radical (unpaired) electrons. The number of aryl methyl sites for hydroxylation is 1. The van der Waals surface area contributed by atoms with Crippen LogP contribution in [0.3, 0.4) is 0 Å². The minimum Gasteiger partial charge on any atom is -0.235 e. The maximum absolute atomic E-state index is 4.84. The third-order valence-corrected chi connectivity index (χ3v) is 8.32. The highest BCUT2D eigenvalue weighted by molar-refractivity contribution is 7.23. The molecule has 6 rings (SSSR count). The number of aromatic nitrogens is 2. The molecular weight excluding hydrogens is 432 g/mol. The molecule has 0 saturated carbocycles. The second kappa shape index (κ2) is 7.23. The highest BCUT2D eigenvalue weighted by atomic mass is 32.1. The molecule has 2 nitrogen and oxygen atoms in total. The Labute approximate surface area is 205 Å². The molecular formula is C31H30N2S. The Balaban J connectivity index is 1.56. The van der Waals surface area contributed by atoms with Gasteiger partial charge in [-0.05, 0) is 58.4 Å². The summed E-state index contributed by atoms with van der Waals surface area (Å²) >= 11 is 1.86. The average molecular weight is 463 g/mol. The van der Waals surface area contributed by atoms with Crippen molar-refractivity contribution in [2.75, 3.05) is 0 Å². The summed E-state index contributed by atoms with van der Waals surface area (Å²) in [6.45, 7) is 13.7. The van der Waals surface area contributed by atoms with Crippen molar-refractivity contribution in [1.82, 2.24) is 9.97 Å². The van der Waals surface area contributed by atoms with Crippen LogP contribution in [0.25, 0.3) is 42.7 Å². The van der Waals surface area contributed by atoms with E-state index in [0.29, 0.717) is 0 Å². The van der Waals surface area contributed by atoms with Crippen molar-refractivity contribution in [1.29, 1.82) is 0 Å². The highest BCUT2D eigenvalue weighted by Crippen LogP contribution is 2.56. The molecule has 0 fully saturated rings. The first-order valence-corrected chi connectivity index (χ1v) is 12.9. The SMILES string of the molecule is Cc1ccc2ccc(-c3ncnc4c5c(sc34)-c3cc(CC(C)(C)C)ccc3C5(C)C)cc2c1. The zero-order valence-electron chi connectivity index (χ0n) is 20.8. The lowest BCUT2D eigenvalue weighted by atomic mass is 9.81. The van der Waals surface area contributed by atoms with Gasteiger partial charge >= 0.3 is 0 Å². The molecule has 34 heavy (non-hydrogen) atoms. The molecule has 2 aromatic heterocycles. The van der Waals surface area contributed by atoms with Crippen LogP contribution < -0.4 is 0 Å². The van der Waals surface area contributed by atoms with Gasteiger partial charge in [0.2, 0.25) is 0 Å². The number of hydrogen-bond acceptors (Lipinski definition) is 3. The van der Waals surface area contributed by atoms with Crippen molar-refractivity contribution in [2.24, 2.45) is 5.41 Å². The Bertz CT molecular complexity index is 1600. The van der Waals surface area contributed by atoms with E-state index in [0.717, 1.165) is 23.2 Å². The molecule has 0 saturated heterocycles. The van der Waals surface area contributed by atoms with E-state index in [9.17, 15) is 0 Å². The van der Waals surface area contributed by atoms with Crippen molar-refractivity contribution in [3.05, 3.63) is 83.2 Å². The number of nitrogens with zero attached hydrogens (tertiary/aromatic N) is 2. The normalized spacial score (nSPS) is 14.5. The van der Waals surface area contributed by atoms with Gasteiger partial charge in [-0.25, -0.2) is 9.97 Å². The highest BCUT2D eigenvalue weighted by Gasteiger charge is 2.40.